The minimum atomic E-state index is -1.18. The Labute approximate surface area is 166 Å². The van der Waals surface area contributed by atoms with Gasteiger partial charge in [-0.05, 0) is 42.8 Å². The number of carbonyl (C=O) groups is 3. The number of nitrogens with zero attached hydrogens (tertiary/aromatic N) is 2. The van der Waals surface area contributed by atoms with Crippen LogP contribution in [0.2, 0.25) is 0 Å². The van der Waals surface area contributed by atoms with E-state index in [1.165, 1.54) is 5.48 Å². The molecule has 0 spiro atoms. The number of likely N-dealkylation sites (tertiary alicyclic amines) is 1. The maximum atomic E-state index is 12.7. The van der Waals surface area contributed by atoms with Crippen LogP contribution in [0.3, 0.4) is 0 Å². The average Bonchev–Trinajstić information content (AvgIpc) is 2.74. The van der Waals surface area contributed by atoms with Crippen molar-refractivity contribution in [1.82, 2.24) is 15.4 Å². The molecule has 1 aromatic heterocycles. The lowest BCUT2D eigenvalue weighted by Crippen LogP contribution is -2.51. The van der Waals surface area contributed by atoms with Crippen LogP contribution in [0.15, 0.2) is 48.8 Å². The van der Waals surface area contributed by atoms with Crippen LogP contribution in [0.5, 0.6) is 11.5 Å². The number of hydrogen-bond donors (Lipinski definition) is 4. The number of anilines is 1. The molecule has 0 aliphatic carbocycles. The SMILES string of the molecule is O=C(NO)C1CN(C(=O)O)CCC1C(=O)Nc1ccc(Oc2ccncc2)cc1. The Morgan fingerprint density at radius 3 is 2.28 bits per heavy atom. The van der Waals surface area contributed by atoms with Crippen molar-refractivity contribution in [3.63, 3.8) is 0 Å². The van der Waals surface area contributed by atoms with Crippen LogP contribution in [0.1, 0.15) is 6.42 Å². The molecule has 1 aliphatic rings. The van der Waals surface area contributed by atoms with E-state index in [0.29, 0.717) is 17.2 Å². The van der Waals surface area contributed by atoms with Crippen molar-refractivity contribution in [1.29, 1.82) is 0 Å². The summed E-state index contributed by atoms with van der Waals surface area (Å²) >= 11 is 0. The summed E-state index contributed by atoms with van der Waals surface area (Å²) in [5.74, 6) is -1.78. The molecule has 152 valence electrons. The van der Waals surface area contributed by atoms with Gasteiger partial charge in [0, 0.05) is 31.2 Å². The standard InChI is InChI=1S/C19H20N4O6/c24-17(15-7-10-23(19(26)27)11-16(15)18(25)22-28)21-12-1-3-13(4-2-12)29-14-5-8-20-9-6-14/h1-6,8-9,15-16,28H,7,10-11H2,(H,21,24)(H,22,25)(H,26,27). The van der Waals surface area contributed by atoms with Crippen LogP contribution in [0.4, 0.5) is 10.5 Å². The first-order chi connectivity index (χ1) is 14.0. The predicted octanol–water partition coefficient (Wildman–Crippen LogP) is 1.93. The van der Waals surface area contributed by atoms with Crippen LogP contribution in [-0.4, -0.2) is 51.2 Å². The van der Waals surface area contributed by atoms with Gasteiger partial charge >= 0.3 is 6.09 Å². The van der Waals surface area contributed by atoms with Gasteiger partial charge in [-0.1, -0.05) is 0 Å². The molecule has 2 atom stereocenters. The Kier molecular flexibility index (Phi) is 6.25. The normalized spacial score (nSPS) is 18.6. The second-order valence-electron chi connectivity index (χ2n) is 6.50. The maximum absolute atomic E-state index is 12.7. The Morgan fingerprint density at radius 2 is 1.66 bits per heavy atom. The Morgan fingerprint density at radius 1 is 1.00 bits per heavy atom. The van der Waals surface area contributed by atoms with Crippen molar-refractivity contribution in [2.45, 2.75) is 6.42 Å². The molecule has 3 amide bonds. The highest BCUT2D eigenvalue weighted by molar-refractivity contribution is 5.96. The number of aromatic nitrogens is 1. The molecule has 2 aromatic rings. The molecule has 4 N–H and O–H groups in total. The highest BCUT2D eigenvalue weighted by Crippen LogP contribution is 2.27. The van der Waals surface area contributed by atoms with Gasteiger partial charge in [0.15, 0.2) is 0 Å². The van der Waals surface area contributed by atoms with Crippen LogP contribution in [-0.2, 0) is 9.59 Å². The number of piperidine rings is 1. The number of ether oxygens (including phenoxy) is 1. The first kappa shape index (κ1) is 20.1. The van der Waals surface area contributed by atoms with E-state index in [9.17, 15) is 14.4 Å². The molecule has 3 rings (SSSR count). The van der Waals surface area contributed by atoms with E-state index in [2.05, 4.69) is 10.3 Å². The maximum Gasteiger partial charge on any atom is 0.407 e. The smallest absolute Gasteiger partial charge is 0.407 e. The topological polar surface area (TPSA) is 141 Å². The van der Waals surface area contributed by atoms with Crippen molar-refractivity contribution in [3.8, 4) is 11.5 Å². The van der Waals surface area contributed by atoms with E-state index in [4.69, 9.17) is 15.1 Å². The van der Waals surface area contributed by atoms with Crippen molar-refractivity contribution < 1.29 is 29.4 Å². The lowest BCUT2D eigenvalue weighted by molar-refractivity contribution is -0.141. The fourth-order valence-corrected chi connectivity index (χ4v) is 3.17. The molecule has 2 unspecified atom stereocenters. The average molecular weight is 400 g/mol. The fraction of sp³-hybridized carbons (Fsp3) is 0.263. The third-order valence-electron chi connectivity index (χ3n) is 4.67. The zero-order valence-corrected chi connectivity index (χ0v) is 15.3. The third-order valence-corrected chi connectivity index (χ3v) is 4.67. The van der Waals surface area contributed by atoms with E-state index < -0.39 is 29.7 Å². The summed E-state index contributed by atoms with van der Waals surface area (Å²) in [6.45, 7) is -0.0418. The van der Waals surface area contributed by atoms with E-state index in [1.54, 1.807) is 48.8 Å². The summed E-state index contributed by atoms with van der Waals surface area (Å²) in [7, 11) is 0. The number of pyridine rings is 1. The highest BCUT2D eigenvalue weighted by atomic mass is 16.5. The summed E-state index contributed by atoms with van der Waals surface area (Å²) in [5, 5.41) is 20.8. The largest absolute Gasteiger partial charge is 0.465 e. The summed E-state index contributed by atoms with van der Waals surface area (Å²) in [6, 6.07) is 10.1. The Bertz CT molecular complexity index is 874. The molecule has 10 nitrogen and oxygen atoms in total. The number of hydrogen-bond acceptors (Lipinski definition) is 6. The molecule has 1 aliphatic heterocycles. The lowest BCUT2D eigenvalue weighted by Gasteiger charge is -2.35. The second kappa shape index (κ2) is 9.02. The van der Waals surface area contributed by atoms with Crippen molar-refractivity contribution in [2.75, 3.05) is 18.4 Å². The number of amides is 3. The molecular weight excluding hydrogens is 380 g/mol. The molecule has 0 saturated carbocycles. The first-order valence-electron chi connectivity index (χ1n) is 8.88. The number of carbonyl (C=O) groups excluding carboxylic acids is 2. The second-order valence-corrected chi connectivity index (χ2v) is 6.50. The predicted molar refractivity (Wildman–Crippen MR) is 101 cm³/mol. The zero-order chi connectivity index (χ0) is 20.8. The van der Waals surface area contributed by atoms with Crippen molar-refractivity contribution in [2.24, 2.45) is 11.8 Å². The zero-order valence-electron chi connectivity index (χ0n) is 15.3. The molecule has 0 radical (unpaired) electrons. The minimum absolute atomic E-state index is 0.126. The lowest BCUT2D eigenvalue weighted by atomic mass is 9.84. The molecule has 10 heteroatoms. The molecule has 2 heterocycles. The molecule has 1 aromatic carbocycles. The molecule has 29 heavy (non-hydrogen) atoms. The number of hydroxylamine groups is 1. The summed E-state index contributed by atoms with van der Waals surface area (Å²) < 4.78 is 5.66. The van der Waals surface area contributed by atoms with Gasteiger partial charge in [0.1, 0.15) is 11.5 Å². The van der Waals surface area contributed by atoms with E-state index in [1.807, 2.05) is 0 Å². The van der Waals surface area contributed by atoms with Gasteiger partial charge in [-0.15, -0.1) is 0 Å². The van der Waals surface area contributed by atoms with Gasteiger partial charge < -0.3 is 20.1 Å². The summed E-state index contributed by atoms with van der Waals surface area (Å²) in [6.07, 6.45) is 2.21. The first-order valence-corrected chi connectivity index (χ1v) is 8.88. The van der Waals surface area contributed by atoms with Gasteiger partial charge in [-0.25, -0.2) is 10.3 Å². The highest BCUT2D eigenvalue weighted by Gasteiger charge is 2.40. The fourth-order valence-electron chi connectivity index (χ4n) is 3.17. The summed E-state index contributed by atoms with van der Waals surface area (Å²) in [4.78, 5) is 40.7. The van der Waals surface area contributed by atoms with Gasteiger partial charge in [0.25, 0.3) is 0 Å². The Hall–Kier alpha value is -3.66. The van der Waals surface area contributed by atoms with E-state index >= 15 is 0 Å². The number of benzene rings is 1. The molecule has 1 fully saturated rings. The van der Waals surface area contributed by atoms with Crippen molar-refractivity contribution >= 4 is 23.6 Å². The van der Waals surface area contributed by atoms with Gasteiger partial charge in [0.05, 0.1) is 11.8 Å². The molecular formula is C19H20N4O6. The van der Waals surface area contributed by atoms with Crippen LogP contribution in [0, 0.1) is 11.8 Å². The van der Waals surface area contributed by atoms with Gasteiger partial charge in [-0.2, -0.15) is 0 Å². The van der Waals surface area contributed by atoms with E-state index in [-0.39, 0.29) is 19.5 Å². The van der Waals surface area contributed by atoms with Crippen LogP contribution in [0.25, 0.3) is 0 Å². The van der Waals surface area contributed by atoms with Crippen molar-refractivity contribution in [3.05, 3.63) is 48.8 Å². The number of carboxylic acid groups (broad SMARTS) is 1. The van der Waals surface area contributed by atoms with Gasteiger partial charge in [-0.3, -0.25) is 19.8 Å². The van der Waals surface area contributed by atoms with Crippen LogP contribution < -0.4 is 15.5 Å². The van der Waals surface area contributed by atoms with Gasteiger partial charge in [0.2, 0.25) is 11.8 Å². The number of nitrogens with one attached hydrogen (secondary N) is 2. The molecule has 1 saturated heterocycles. The Balaban J connectivity index is 1.65. The monoisotopic (exact) mass is 400 g/mol. The summed E-state index contributed by atoms with van der Waals surface area (Å²) in [5.41, 5.74) is 2.01. The minimum Gasteiger partial charge on any atom is -0.465 e. The number of rotatable bonds is 5. The quantitative estimate of drug-likeness (QED) is 0.444. The van der Waals surface area contributed by atoms with Crippen LogP contribution >= 0.6 is 0 Å². The van der Waals surface area contributed by atoms with E-state index in [0.717, 1.165) is 4.90 Å². The molecule has 0 bridgehead atoms. The third kappa shape index (κ3) is 4.99.